The fourth-order valence-electron chi connectivity index (χ4n) is 5.41. The lowest BCUT2D eigenvalue weighted by Gasteiger charge is -2.42. The molecule has 0 bridgehead atoms. The summed E-state index contributed by atoms with van der Waals surface area (Å²) in [4.78, 5) is 20.6. The van der Waals surface area contributed by atoms with Gasteiger partial charge in [0.05, 0.1) is 6.20 Å². The van der Waals surface area contributed by atoms with Gasteiger partial charge in [0.25, 0.3) is 0 Å². The van der Waals surface area contributed by atoms with Gasteiger partial charge in [-0.15, -0.1) is 0 Å². The Morgan fingerprint density at radius 2 is 1.94 bits per heavy atom. The predicted molar refractivity (Wildman–Crippen MR) is 129 cm³/mol. The summed E-state index contributed by atoms with van der Waals surface area (Å²) in [6.07, 6.45) is 4.90. The van der Waals surface area contributed by atoms with Crippen LogP contribution in [-0.2, 0) is 6.42 Å². The second kappa shape index (κ2) is 7.51. The Bertz CT molecular complexity index is 1520. The van der Waals surface area contributed by atoms with Gasteiger partial charge in [0.15, 0.2) is 11.3 Å². The smallest absolute Gasteiger partial charge is 0.206 e. The van der Waals surface area contributed by atoms with E-state index in [1.54, 1.807) is 6.20 Å². The minimum absolute atomic E-state index is 0.105. The number of rotatable bonds is 3. The van der Waals surface area contributed by atoms with E-state index in [2.05, 4.69) is 49.4 Å². The van der Waals surface area contributed by atoms with E-state index in [-0.39, 0.29) is 11.5 Å². The number of hydrogen-bond acceptors (Lipinski definition) is 9. The number of piperidine rings is 1. The van der Waals surface area contributed by atoms with Crippen LogP contribution in [-0.4, -0.2) is 43.3 Å². The predicted octanol–water partition coefficient (Wildman–Crippen LogP) is 3.88. The first-order valence-corrected chi connectivity index (χ1v) is 12.2. The van der Waals surface area contributed by atoms with E-state index in [4.69, 9.17) is 20.3 Å². The van der Waals surface area contributed by atoms with Gasteiger partial charge in [-0.05, 0) is 58.3 Å². The van der Waals surface area contributed by atoms with Gasteiger partial charge in [0.2, 0.25) is 5.95 Å². The normalized spacial score (nSPS) is 19.3. The van der Waals surface area contributed by atoms with Crippen molar-refractivity contribution < 1.29 is 4.63 Å². The summed E-state index contributed by atoms with van der Waals surface area (Å²) < 4.78 is 4.86. The molecule has 0 saturated carbocycles. The Kier molecular flexibility index (Phi) is 4.40. The van der Waals surface area contributed by atoms with Crippen LogP contribution in [0.15, 0.2) is 63.2 Å². The summed E-state index contributed by atoms with van der Waals surface area (Å²) in [6.45, 7) is 1.81. The molecule has 1 atom stereocenters. The Morgan fingerprint density at radius 1 is 1.06 bits per heavy atom. The van der Waals surface area contributed by atoms with Gasteiger partial charge in [0.1, 0.15) is 16.1 Å². The van der Waals surface area contributed by atoms with Crippen molar-refractivity contribution in [3.63, 3.8) is 0 Å². The summed E-state index contributed by atoms with van der Waals surface area (Å²) in [5, 5.41) is 8.65. The lowest BCUT2D eigenvalue weighted by molar-refractivity contribution is 0.187. The van der Waals surface area contributed by atoms with Gasteiger partial charge in [-0.2, -0.15) is 4.98 Å². The van der Waals surface area contributed by atoms with Crippen molar-refractivity contribution in [1.29, 1.82) is 0 Å². The van der Waals surface area contributed by atoms with Crippen LogP contribution in [0.2, 0.25) is 0 Å². The zero-order chi connectivity index (χ0) is 22.7. The lowest BCUT2D eigenvalue weighted by Crippen LogP contribution is -2.44. The third-order valence-electron chi connectivity index (χ3n) is 7.29. The van der Waals surface area contributed by atoms with Crippen molar-refractivity contribution in [2.75, 3.05) is 18.0 Å². The van der Waals surface area contributed by atoms with E-state index in [1.807, 2.05) is 18.2 Å². The highest BCUT2D eigenvalue weighted by atomic mass is 32.2. The van der Waals surface area contributed by atoms with E-state index in [1.165, 1.54) is 22.9 Å². The maximum atomic E-state index is 6.73. The van der Waals surface area contributed by atoms with Crippen molar-refractivity contribution in [3.05, 3.63) is 59.8 Å². The first kappa shape index (κ1) is 19.9. The Labute approximate surface area is 199 Å². The Balaban J connectivity index is 1.10. The van der Waals surface area contributed by atoms with Gasteiger partial charge in [-0.25, -0.2) is 14.6 Å². The Hall–Kier alpha value is -3.50. The number of hydrogen-bond donors (Lipinski definition) is 2. The molecule has 0 amide bonds. The van der Waals surface area contributed by atoms with E-state index in [0.29, 0.717) is 22.3 Å². The van der Waals surface area contributed by atoms with Crippen LogP contribution >= 0.6 is 11.8 Å². The number of H-pyrrole nitrogens is 1. The zero-order valence-corrected chi connectivity index (χ0v) is 19.1. The van der Waals surface area contributed by atoms with Crippen LogP contribution in [0.1, 0.15) is 30.0 Å². The number of nitrogens with zero attached hydrogens (tertiary/aromatic N) is 6. The standard InChI is InChI=1S/C24H22N8OS/c25-20-15-5-2-1-4-14(15)12-24(20)8-10-32(11-9-24)23-28-21-22(29-23)27-18(13-26-21)34-17-7-3-6-16-19(17)31-33-30-16/h1-7,13,20H,8-12,25H2,(H,26,27,28,29)/t20-/m1/s1. The molecule has 1 fully saturated rings. The molecule has 3 aromatic heterocycles. The summed E-state index contributed by atoms with van der Waals surface area (Å²) in [6, 6.07) is 14.5. The molecule has 1 saturated heterocycles. The average molecular weight is 471 g/mol. The highest BCUT2D eigenvalue weighted by molar-refractivity contribution is 7.99. The van der Waals surface area contributed by atoms with Crippen molar-refractivity contribution >= 4 is 40.0 Å². The minimum atomic E-state index is 0.105. The number of aromatic amines is 1. The van der Waals surface area contributed by atoms with Gasteiger partial charge in [0, 0.05) is 24.0 Å². The van der Waals surface area contributed by atoms with Crippen molar-refractivity contribution in [3.8, 4) is 0 Å². The average Bonchev–Trinajstić information content (AvgIpc) is 3.57. The number of anilines is 1. The van der Waals surface area contributed by atoms with E-state index >= 15 is 0 Å². The lowest BCUT2D eigenvalue weighted by atomic mass is 9.73. The second-order valence-corrected chi connectivity index (χ2v) is 10.2. The largest absolute Gasteiger partial charge is 0.342 e. The second-order valence-electron chi connectivity index (χ2n) is 9.13. The number of nitrogens with two attached hydrogens (primary N) is 1. The van der Waals surface area contributed by atoms with Crippen LogP contribution < -0.4 is 10.6 Å². The maximum Gasteiger partial charge on any atom is 0.206 e. The van der Waals surface area contributed by atoms with Crippen molar-refractivity contribution in [1.82, 2.24) is 30.2 Å². The molecular weight excluding hydrogens is 448 g/mol. The number of benzene rings is 2. The van der Waals surface area contributed by atoms with E-state index < -0.39 is 0 Å². The van der Waals surface area contributed by atoms with Crippen LogP contribution in [0.3, 0.4) is 0 Å². The van der Waals surface area contributed by atoms with Gasteiger partial charge in [-0.1, -0.05) is 42.1 Å². The topological polar surface area (TPSA) is 123 Å². The number of imidazole rings is 1. The molecule has 3 N–H and O–H groups in total. The molecule has 4 heterocycles. The monoisotopic (exact) mass is 470 g/mol. The fourth-order valence-corrected chi connectivity index (χ4v) is 6.26. The van der Waals surface area contributed by atoms with E-state index in [0.717, 1.165) is 48.2 Å². The van der Waals surface area contributed by atoms with Crippen LogP contribution in [0.4, 0.5) is 5.95 Å². The van der Waals surface area contributed by atoms with Crippen LogP contribution in [0.5, 0.6) is 0 Å². The molecule has 5 aromatic rings. The molecule has 0 radical (unpaired) electrons. The van der Waals surface area contributed by atoms with Crippen LogP contribution in [0.25, 0.3) is 22.3 Å². The third kappa shape index (κ3) is 3.09. The number of nitrogens with one attached hydrogen (secondary N) is 1. The van der Waals surface area contributed by atoms with Gasteiger partial charge < -0.3 is 15.6 Å². The fraction of sp³-hybridized carbons (Fsp3) is 0.292. The van der Waals surface area contributed by atoms with Gasteiger partial charge >= 0.3 is 0 Å². The summed E-state index contributed by atoms with van der Waals surface area (Å²) in [5.41, 5.74) is 12.3. The quantitative estimate of drug-likeness (QED) is 0.404. The molecule has 1 aliphatic carbocycles. The molecule has 7 rings (SSSR count). The summed E-state index contributed by atoms with van der Waals surface area (Å²) in [7, 11) is 0. The molecule has 0 unspecified atom stereocenters. The number of aromatic nitrogens is 6. The SMILES string of the molecule is N[C@@H]1c2ccccc2CC12CCN(c1nc3nc(Sc4cccc5nonc45)cnc3[nH]1)CC2. The van der Waals surface area contributed by atoms with Gasteiger partial charge in [-0.3, -0.25) is 0 Å². The zero-order valence-electron chi connectivity index (χ0n) is 18.3. The first-order valence-electron chi connectivity index (χ1n) is 11.4. The minimum Gasteiger partial charge on any atom is -0.342 e. The van der Waals surface area contributed by atoms with E-state index in [9.17, 15) is 0 Å². The first-order chi connectivity index (χ1) is 16.7. The maximum absolute atomic E-state index is 6.73. The molecule has 1 aliphatic heterocycles. The highest BCUT2D eigenvalue weighted by Gasteiger charge is 2.46. The number of fused-ring (bicyclic) bond motifs is 3. The van der Waals surface area contributed by atoms with Crippen molar-refractivity contribution in [2.24, 2.45) is 11.1 Å². The molecule has 10 heteroatoms. The molecule has 170 valence electrons. The Morgan fingerprint density at radius 3 is 2.82 bits per heavy atom. The summed E-state index contributed by atoms with van der Waals surface area (Å²) >= 11 is 1.47. The molecule has 2 aromatic carbocycles. The molecule has 9 nitrogen and oxygen atoms in total. The highest BCUT2D eigenvalue weighted by Crippen LogP contribution is 2.50. The van der Waals surface area contributed by atoms with Crippen molar-refractivity contribution in [2.45, 2.75) is 35.2 Å². The molecule has 34 heavy (non-hydrogen) atoms. The summed E-state index contributed by atoms with van der Waals surface area (Å²) in [5.74, 6) is 0.818. The third-order valence-corrected chi connectivity index (χ3v) is 8.24. The van der Waals surface area contributed by atoms with Crippen LogP contribution in [0, 0.1) is 5.41 Å². The molecule has 2 aliphatic rings. The molecule has 1 spiro atoms. The molecular formula is C24H22N8OS.